The Labute approximate surface area is 90.6 Å². The monoisotopic (exact) mass is 226 g/mol. The van der Waals surface area contributed by atoms with Crippen molar-refractivity contribution in [2.45, 2.75) is 6.92 Å². The zero-order valence-electron chi connectivity index (χ0n) is 7.92. The van der Waals surface area contributed by atoms with Crippen LogP contribution in [0, 0.1) is 12.7 Å². The standard InChI is InChI=1S/C10H8ClFN2O/c1-5-8(10(13)14-15-5)9-6(11)3-2-4-7(9)12/h2-4H,1H3,(H2,13,14). The third kappa shape index (κ3) is 1.57. The van der Waals surface area contributed by atoms with Crippen molar-refractivity contribution in [2.24, 2.45) is 0 Å². The summed E-state index contributed by atoms with van der Waals surface area (Å²) in [6, 6.07) is 4.43. The van der Waals surface area contributed by atoms with E-state index in [2.05, 4.69) is 5.16 Å². The number of anilines is 1. The van der Waals surface area contributed by atoms with Crippen LogP contribution in [-0.4, -0.2) is 5.16 Å². The number of halogens is 2. The van der Waals surface area contributed by atoms with Gasteiger partial charge in [-0.2, -0.15) is 0 Å². The van der Waals surface area contributed by atoms with E-state index in [1.54, 1.807) is 13.0 Å². The van der Waals surface area contributed by atoms with Crippen LogP contribution in [0.3, 0.4) is 0 Å². The first-order valence-corrected chi connectivity index (χ1v) is 4.65. The maximum atomic E-state index is 13.6. The van der Waals surface area contributed by atoms with Crippen molar-refractivity contribution in [3.8, 4) is 11.1 Å². The molecule has 0 aliphatic rings. The molecule has 0 fully saturated rings. The Bertz CT molecular complexity index is 470. The number of nitrogens with zero attached hydrogens (tertiary/aromatic N) is 1. The van der Waals surface area contributed by atoms with Crippen molar-refractivity contribution in [2.75, 3.05) is 5.73 Å². The lowest BCUT2D eigenvalue weighted by atomic mass is 10.1. The van der Waals surface area contributed by atoms with Crippen LogP contribution in [0.2, 0.25) is 5.02 Å². The van der Waals surface area contributed by atoms with E-state index in [0.29, 0.717) is 11.3 Å². The first-order valence-electron chi connectivity index (χ1n) is 4.27. The third-order valence-electron chi connectivity index (χ3n) is 2.10. The Morgan fingerprint density at radius 1 is 1.40 bits per heavy atom. The van der Waals surface area contributed by atoms with E-state index in [-0.39, 0.29) is 16.4 Å². The van der Waals surface area contributed by atoms with Crippen LogP contribution in [0.5, 0.6) is 0 Å². The summed E-state index contributed by atoms with van der Waals surface area (Å²) in [6.45, 7) is 1.65. The minimum absolute atomic E-state index is 0.138. The van der Waals surface area contributed by atoms with E-state index in [1.165, 1.54) is 12.1 Å². The van der Waals surface area contributed by atoms with Crippen molar-refractivity contribution in [3.05, 3.63) is 34.8 Å². The van der Waals surface area contributed by atoms with Gasteiger partial charge in [-0.3, -0.25) is 0 Å². The minimum atomic E-state index is -0.444. The summed E-state index contributed by atoms with van der Waals surface area (Å²) in [5, 5.41) is 3.84. The van der Waals surface area contributed by atoms with Gasteiger partial charge in [0.15, 0.2) is 5.82 Å². The predicted octanol–water partition coefficient (Wildman–Crippen LogP) is 3.02. The van der Waals surface area contributed by atoms with Gasteiger partial charge < -0.3 is 10.3 Å². The molecule has 0 aliphatic carbocycles. The molecule has 0 saturated carbocycles. The molecule has 78 valence electrons. The number of aromatic nitrogens is 1. The molecule has 0 unspecified atom stereocenters. The zero-order chi connectivity index (χ0) is 11.0. The summed E-state index contributed by atoms with van der Waals surface area (Å²) in [7, 11) is 0. The van der Waals surface area contributed by atoms with Gasteiger partial charge in [-0.25, -0.2) is 4.39 Å². The summed E-state index contributed by atoms with van der Waals surface area (Å²) in [5.41, 5.74) is 6.23. The van der Waals surface area contributed by atoms with Crippen LogP contribution in [0.15, 0.2) is 22.7 Å². The van der Waals surface area contributed by atoms with Crippen molar-refractivity contribution in [3.63, 3.8) is 0 Å². The summed E-state index contributed by atoms with van der Waals surface area (Å²) in [5.74, 6) is 0.138. The maximum absolute atomic E-state index is 13.6. The molecule has 0 radical (unpaired) electrons. The fourth-order valence-corrected chi connectivity index (χ4v) is 1.69. The Morgan fingerprint density at radius 2 is 2.13 bits per heavy atom. The lowest BCUT2D eigenvalue weighted by molar-refractivity contribution is 0.401. The van der Waals surface area contributed by atoms with Crippen molar-refractivity contribution in [1.29, 1.82) is 0 Å². The van der Waals surface area contributed by atoms with Gasteiger partial charge >= 0.3 is 0 Å². The van der Waals surface area contributed by atoms with E-state index in [9.17, 15) is 4.39 Å². The molecule has 0 aliphatic heterocycles. The summed E-state index contributed by atoms with van der Waals surface area (Å²) >= 11 is 5.90. The second kappa shape index (κ2) is 3.55. The number of hydrogen-bond acceptors (Lipinski definition) is 3. The molecule has 0 atom stereocenters. The second-order valence-corrected chi connectivity index (χ2v) is 3.50. The van der Waals surface area contributed by atoms with Crippen molar-refractivity contribution in [1.82, 2.24) is 5.16 Å². The zero-order valence-corrected chi connectivity index (χ0v) is 8.68. The van der Waals surface area contributed by atoms with Crippen LogP contribution in [0.4, 0.5) is 10.2 Å². The Hall–Kier alpha value is -1.55. The smallest absolute Gasteiger partial charge is 0.175 e. The van der Waals surface area contributed by atoms with Crippen LogP contribution in [-0.2, 0) is 0 Å². The van der Waals surface area contributed by atoms with Gasteiger partial charge in [0, 0.05) is 5.56 Å². The predicted molar refractivity (Wildman–Crippen MR) is 56.1 cm³/mol. The largest absolute Gasteiger partial charge is 0.380 e. The van der Waals surface area contributed by atoms with Gasteiger partial charge in [-0.15, -0.1) is 0 Å². The molecule has 2 rings (SSSR count). The average Bonchev–Trinajstić information content (AvgIpc) is 2.49. The second-order valence-electron chi connectivity index (χ2n) is 3.10. The Morgan fingerprint density at radius 3 is 2.67 bits per heavy atom. The van der Waals surface area contributed by atoms with E-state index in [1.807, 2.05) is 0 Å². The van der Waals surface area contributed by atoms with Gasteiger partial charge in [0.2, 0.25) is 0 Å². The molecule has 2 N–H and O–H groups in total. The number of rotatable bonds is 1. The third-order valence-corrected chi connectivity index (χ3v) is 2.42. The Balaban J connectivity index is 2.74. The summed E-state index contributed by atoms with van der Waals surface area (Å²) < 4.78 is 18.4. The van der Waals surface area contributed by atoms with E-state index in [0.717, 1.165) is 0 Å². The van der Waals surface area contributed by atoms with E-state index < -0.39 is 5.82 Å². The number of nitrogens with two attached hydrogens (primary N) is 1. The fourth-order valence-electron chi connectivity index (χ4n) is 1.43. The molecule has 15 heavy (non-hydrogen) atoms. The quantitative estimate of drug-likeness (QED) is 0.813. The molecule has 1 aromatic carbocycles. The van der Waals surface area contributed by atoms with Gasteiger partial charge in [0.05, 0.1) is 10.6 Å². The number of nitrogen functional groups attached to an aromatic ring is 1. The van der Waals surface area contributed by atoms with E-state index in [4.69, 9.17) is 21.9 Å². The van der Waals surface area contributed by atoms with Crippen LogP contribution in [0.25, 0.3) is 11.1 Å². The molecular formula is C10H8ClFN2O. The molecule has 5 heteroatoms. The van der Waals surface area contributed by atoms with Gasteiger partial charge in [-0.05, 0) is 19.1 Å². The molecule has 1 heterocycles. The van der Waals surface area contributed by atoms with Gasteiger partial charge in [-0.1, -0.05) is 22.8 Å². The first kappa shape index (κ1) is 9.98. The highest BCUT2D eigenvalue weighted by Crippen LogP contribution is 2.36. The van der Waals surface area contributed by atoms with Gasteiger partial charge in [0.25, 0.3) is 0 Å². The highest BCUT2D eigenvalue weighted by atomic mass is 35.5. The lowest BCUT2D eigenvalue weighted by Crippen LogP contribution is -1.92. The number of aryl methyl sites for hydroxylation is 1. The molecule has 0 saturated heterocycles. The molecule has 2 aromatic rings. The lowest BCUT2D eigenvalue weighted by Gasteiger charge is -2.04. The molecule has 0 spiro atoms. The van der Waals surface area contributed by atoms with Gasteiger partial charge in [0.1, 0.15) is 11.6 Å². The topological polar surface area (TPSA) is 52.0 Å². The van der Waals surface area contributed by atoms with Crippen LogP contribution < -0.4 is 5.73 Å². The summed E-state index contributed by atoms with van der Waals surface area (Å²) in [6.07, 6.45) is 0. The number of hydrogen-bond donors (Lipinski definition) is 1. The van der Waals surface area contributed by atoms with Crippen molar-refractivity contribution < 1.29 is 8.91 Å². The highest BCUT2D eigenvalue weighted by molar-refractivity contribution is 6.33. The highest BCUT2D eigenvalue weighted by Gasteiger charge is 2.18. The minimum Gasteiger partial charge on any atom is -0.380 e. The Kier molecular flexibility index (Phi) is 2.36. The molecular weight excluding hydrogens is 219 g/mol. The molecule has 3 nitrogen and oxygen atoms in total. The molecule has 1 aromatic heterocycles. The molecule has 0 amide bonds. The van der Waals surface area contributed by atoms with Crippen LogP contribution >= 0.6 is 11.6 Å². The fraction of sp³-hybridized carbons (Fsp3) is 0.100. The SMILES string of the molecule is Cc1onc(N)c1-c1c(F)cccc1Cl. The van der Waals surface area contributed by atoms with Crippen molar-refractivity contribution >= 4 is 17.4 Å². The van der Waals surface area contributed by atoms with E-state index >= 15 is 0 Å². The number of benzene rings is 1. The van der Waals surface area contributed by atoms with Crippen LogP contribution in [0.1, 0.15) is 5.76 Å². The molecule has 0 bridgehead atoms. The average molecular weight is 227 g/mol. The maximum Gasteiger partial charge on any atom is 0.175 e. The first-order chi connectivity index (χ1) is 7.11. The normalized spacial score (nSPS) is 10.6. The summed E-state index contributed by atoms with van der Waals surface area (Å²) in [4.78, 5) is 0.